The zero-order valence-electron chi connectivity index (χ0n) is 19.6. The minimum absolute atomic E-state index is 0.701. The summed E-state index contributed by atoms with van der Waals surface area (Å²) in [6.07, 6.45) is 6.48. The second-order valence-electron chi connectivity index (χ2n) is 9.23. The van der Waals surface area contributed by atoms with E-state index in [9.17, 15) is 0 Å². The topological polar surface area (TPSA) is 32.5 Å². The highest BCUT2D eigenvalue weighted by atomic mass is 35.5. The van der Waals surface area contributed by atoms with Crippen molar-refractivity contribution in [3.63, 3.8) is 0 Å². The largest absolute Gasteiger partial charge is 0.338 e. The van der Waals surface area contributed by atoms with Crippen molar-refractivity contribution < 1.29 is 4.52 Å². The van der Waals surface area contributed by atoms with E-state index in [1.54, 1.807) is 0 Å². The fraction of sp³-hybridized carbons (Fsp3) is 0.345. The molecule has 0 amide bonds. The molecule has 1 aliphatic heterocycles. The molecule has 0 saturated carbocycles. The van der Waals surface area contributed by atoms with Crippen molar-refractivity contribution in [3.8, 4) is 11.3 Å². The maximum absolute atomic E-state index is 6.21. The van der Waals surface area contributed by atoms with Crippen molar-refractivity contribution >= 4 is 28.3 Å². The van der Waals surface area contributed by atoms with Gasteiger partial charge in [-0.2, -0.15) is 0 Å². The van der Waals surface area contributed by atoms with E-state index in [4.69, 9.17) is 16.1 Å². The van der Waals surface area contributed by atoms with Crippen molar-refractivity contribution in [1.29, 1.82) is 0 Å². The number of fused-ring (bicyclic) bond motifs is 1. The van der Waals surface area contributed by atoms with Gasteiger partial charge in [0, 0.05) is 29.7 Å². The van der Waals surface area contributed by atoms with Crippen LogP contribution in [0, 0.1) is 0 Å². The first-order valence-electron chi connectivity index (χ1n) is 12.4. The number of likely N-dealkylation sites (tertiary alicyclic amines) is 1. The van der Waals surface area contributed by atoms with E-state index in [1.807, 2.05) is 30.3 Å². The van der Waals surface area contributed by atoms with Gasteiger partial charge >= 0.3 is 0 Å². The van der Waals surface area contributed by atoms with Gasteiger partial charge in [-0.25, -0.2) is 0 Å². The van der Waals surface area contributed by atoms with Gasteiger partial charge in [-0.05, 0) is 67.4 Å². The molecule has 1 fully saturated rings. The average molecular weight is 474 g/mol. The molecule has 0 bridgehead atoms. The number of hydrogen-bond donors (Lipinski definition) is 0. The molecule has 2 heterocycles. The van der Waals surface area contributed by atoms with Crippen LogP contribution in [-0.2, 0) is 6.54 Å². The van der Waals surface area contributed by atoms with Crippen LogP contribution in [-0.4, -0.2) is 36.2 Å². The van der Waals surface area contributed by atoms with Crippen LogP contribution in [0.4, 0.5) is 5.88 Å². The van der Waals surface area contributed by atoms with Crippen molar-refractivity contribution in [2.45, 2.75) is 38.6 Å². The number of anilines is 1. The summed E-state index contributed by atoms with van der Waals surface area (Å²) in [4.78, 5) is 4.96. The number of aromatic nitrogens is 1. The zero-order chi connectivity index (χ0) is 23.2. The van der Waals surface area contributed by atoms with E-state index >= 15 is 0 Å². The van der Waals surface area contributed by atoms with E-state index in [0.29, 0.717) is 5.02 Å². The molecule has 4 nitrogen and oxygen atoms in total. The summed E-state index contributed by atoms with van der Waals surface area (Å²) in [6, 6.07) is 24.9. The quantitative estimate of drug-likeness (QED) is 0.266. The molecule has 0 aliphatic carbocycles. The summed E-state index contributed by atoms with van der Waals surface area (Å²) in [7, 11) is 0. The highest BCUT2D eigenvalue weighted by molar-refractivity contribution is 6.30. The standard InChI is InChI=1S/C29H32ClN3O/c30-26-14-8-12-24(20-26)28-21-29(34-31-28)33(19-9-18-32-16-5-1-2-6-17-32)22-25-13-7-11-23-10-3-4-15-27(23)25/h3-4,7-8,10-15,20-21H,1-2,5-6,9,16-19,22H2. The normalized spacial score (nSPS) is 14.9. The summed E-state index contributed by atoms with van der Waals surface area (Å²) < 4.78 is 5.89. The van der Waals surface area contributed by atoms with Gasteiger partial charge in [-0.3, -0.25) is 0 Å². The molecule has 0 unspecified atom stereocenters. The van der Waals surface area contributed by atoms with Crippen LogP contribution in [0.5, 0.6) is 0 Å². The summed E-state index contributed by atoms with van der Waals surface area (Å²) in [5, 5.41) is 7.63. The number of benzene rings is 3. The van der Waals surface area contributed by atoms with Crippen LogP contribution in [0.3, 0.4) is 0 Å². The molecule has 1 saturated heterocycles. The smallest absolute Gasteiger partial charge is 0.228 e. The van der Waals surface area contributed by atoms with Crippen LogP contribution >= 0.6 is 11.6 Å². The van der Waals surface area contributed by atoms with E-state index in [0.717, 1.165) is 43.2 Å². The lowest BCUT2D eigenvalue weighted by atomic mass is 10.0. The predicted octanol–water partition coefficient (Wildman–Crippen LogP) is 7.42. The molecular formula is C29H32ClN3O. The maximum atomic E-state index is 6.21. The number of hydrogen-bond acceptors (Lipinski definition) is 4. The summed E-state index contributed by atoms with van der Waals surface area (Å²) in [5.74, 6) is 0.804. The molecular weight excluding hydrogens is 442 g/mol. The molecule has 0 spiro atoms. The maximum Gasteiger partial charge on any atom is 0.228 e. The zero-order valence-corrected chi connectivity index (χ0v) is 20.4. The van der Waals surface area contributed by atoms with Crippen molar-refractivity contribution in [1.82, 2.24) is 10.1 Å². The first-order valence-corrected chi connectivity index (χ1v) is 12.8. The Kier molecular flexibility index (Phi) is 7.47. The van der Waals surface area contributed by atoms with E-state index < -0.39 is 0 Å². The molecule has 0 radical (unpaired) electrons. The molecule has 0 N–H and O–H groups in total. The Hall–Kier alpha value is -2.82. The number of nitrogens with zero attached hydrogens (tertiary/aromatic N) is 3. The average Bonchev–Trinajstić information content (AvgIpc) is 3.21. The van der Waals surface area contributed by atoms with Crippen molar-refractivity contribution in [2.24, 2.45) is 0 Å². The Labute approximate surface area is 207 Å². The van der Waals surface area contributed by atoms with Gasteiger partial charge in [0.05, 0.1) is 0 Å². The van der Waals surface area contributed by atoms with Gasteiger partial charge < -0.3 is 14.3 Å². The Morgan fingerprint density at radius 1 is 0.882 bits per heavy atom. The highest BCUT2D eigenvalue weighted by Crippen LogP contribution is 2.28. The van der Waals surface area contributed by atoms with Gasteiger partial charge in [-0.15, -0.1) is 0 Å². The Balaban J connectivity index is 1.37. The predicted molar refractivity (Wildman–Crippen MR) is 141 cm³/mol. The number of halogens is 1. The molecule has 5 rings (SSSR count). The molecule has 4 aromatic rings. The molecule has 0 atom stereocenters. The minimum atomic E-state index is 0.701. The van der Waals surface area contributed by atoms with E-state index in [2.05, 4.69) is 57.4 Å². The van der Waals surface area contributed by atoms with E-state index in [-0.39, 0.29) is 0 Å². The lowest BCUT2D eigenvalue weighted by Gasteiger charge is -2.25. The van der Waals surface area contributed by atoms with Gasteiger partial charge in [0.25, 0.3) is 0 Å². The fourth-order valence-corrected chi connectivity index (χ4v) is 5.14. The molecule has 34 heavy (non-hydrogen) atoms. The summed E-state index contributed by atoms with van der Waals surface area (Å²) >= 11 is 6.21. The lowest BCUT2D eigenvalue weighted by Crippen LogP contribution is -2.30. The SMILES string of the molecule is Clc1cccc(-c2cc(N(CCCN3CCCCCC3)Cc3cccc4ccccc34)on2)c1. The van der Waals surface area contributed by atoms with Gasteiger partial charge in [-0.1, -0.05) is 84.2 Å². The second kappa shape index (κ2) is 11.1. The van der Waals surface area contributed by atoms with Crippen LogP contribution in [0.25, 0.3) is 22.0 Å². The molecule has 1 aromatic heterocycles. The van der Waals surface area contributed by atoms with Crippen LogP contribution in [0.2, 0.25) is 5.02 Å². The summed E-state index contributed by atoms with van der Waals surface area (Å²) in [6.45, 7) is 5.28. The van der Waals surface area contributed by atoms with E-state index in [1.165, 1.54) is 55.1 Å². The first-order chi connectivity index (χ1) is 16.8. The molecule has 3 aromatic carbocycles. The fourth-order valence-electron chi connectivity index (χ4n) is 4.95. The van der Waals surface area contributed by atoms with Crippen LogP contribution in [0.15, 0.2) is 77.3 Å². The van der Waals surface area contributed by atoms with Gasteiger partial charge in [0.1, 0.15) is 5.69 Å². The van der Waals surface area contributed by atoms with Gasteiger partial charge in [0.15, 0.2) is 0 Å². The number of rotatable bonds is 8. The van der Waals surface area contributed by atoms with Crippen LogP contribution in [0.1, 0.15) is 37.7 Å². The first kappa shape index (κ1) is 22.9. The Morgan fingerprint density at radius 3 is 2.53 bits per heavy atom. The third-order valence-electron chi connectivity index (χ3n) is 6.77. The highest BCUT2D eigenvalue weighted by Gasteiger charge is 2.17. The Bertz CT molecular complexity index is 1210. The second-order valence-corrected chi connectivity index (χ2v) is 9.67. The minimum Gasteiger partial charge on any atom is -0.338 e. The van der Waals surface area contributed by atoms with Crippen molar-refractivity contribution in [3.05, 3.63) is 83.4 Å². The third kappa shape index (κ3) is 5.63. The molecule has 1 aliphatic rings. The van der Waals surface area contributed by atoms with Crippen LogP contribution < -0.4 is 4.90 Å². The van der Waals surface area contributed by atoms with Crippen molar-refractivity contribution in [2.75, 3.05) is 31.1 Å². The van der Waals surface area contributed by atoms with Gasteiger partial charge in [0.2, 0.25) is 5.88 Å². The lowest BCUT2D eigenvalue weighted by molar-refractivity contribution is 0.281. The Morgan fingerprint density at radius 2 is 1.68 bits per heavy atom. The molecule has 176 valence electrons. The molecule has 5 heteroatoms. The monoisotopic (exact) mass is 473 g/mol. The third-order valence-corrected chi connectivity index (χ3v) is 7.01. The summed E-state index contributed by atoms with van der Waals surface area (Å²) in [5.41, 5.74) is 3.08.